The van der Waals surface area contributed by atoms with Gasteiger partial charge in [0.25, 0.3) is 5.56 Å². The molecule has 1 N–H and O–H groups in total. The van der Waals surface area contributed by atoms with Gasteiger partial charge in [-0.2, -0.15) is 0 Å². The Hall–Kier alpha value is -1.78. The molecule has 2 heterocycles. The highest BCUT2D eigenvalue weighted by molar-refractivity contribution is 5.69. The number of amides is 1. The highest BCUT2D eigenvalue weighted by atomic mass is 16.6. The summed E-state index contributed by atoms with van der Waals surface area (Å²) < 4.78 is 5.44. The zero-order valence-corrected chi connectivity index (χ0v) is 12.5. The van der Waals surface area contributed by atoms with Crippen LogP contribution in [0, 0.1) is 6.92 Å². The molecule has 1 aromatic heterocycles. The number of hydrogen-bond donors (Lipinski definition) is 1. The smallest absolute Gasteiger partial charge is 0.410 e. The number of H-pyrrole nitrogens is 1. The molecule has 0 radical (unpaired) electrons. The van der Waals surface area contributed by atoms with Gasteiger partial charge in [0.05, 0.1) is 6.04 Å². The summed E-state index contributed by atoms with van der Waals surface area (Å²) in [5.74, 6) is 0. The summed E-state index contributed by atoms with van der Waals surface area (Å²) in [6.45, 7) is 8.05. The van der Waals surface area contributed by atoms with Crippen molar-refractivity contribution in [1.29, 1.82) is 0 Å². The van der Waals surface area contributed by atoms with E-state index in [4.69, 9.17) is 4.74 Å². The third kappa shape index (κ3) is 3.21. The molecule has 1 amide bonds. The van der Waals surface area contributed by atoms with Crippen molar-refractivity contribution in [1.82, 2.24) is 9.88 Å². The summed E-state index contributed by atoms with van der Waals surface area (Å²) in [4.78, 5) is 28.1. The lowest BCUT2D eigenvalue weighted by molar-refractivity contribution is 0.0224. The zero-order valence-electron chi connectivity index (χ0n) is 12.5. The predicted molar refractivity (Wildman–Crippen MR) is 76.7 cm³/mol. The zero-order chi connectivity index (χ0) is 14.9. The second-order valence-electron chi connectivity index (χ2n) is 6.28. The highest BCUT2D eigenvalue weighted by Gasteiger charge is 2.33. The molecule has 0 bridgehead atoms. The van der Waals surface area contributed by atoms with Crippen LogP contribution in [0.5, 0.6) is 0 Å². The molecular weight excluding hydrogens is 256 g/mol. The Morgan fingerprint density at radius 2 is 2.15 bits per heavy atom. The Labute approximate surface area is 118 Å². The van der Waals surface area contributed by atoms with Crippen molar-refractivity contribution in [3.8, 4) is 0 Å². The number of rotatable bonds is 1. The minimum Gasteiger partial charge on any atom is -0.444 e. The van der Waals surface area contributed by atoms with Crippen molar-refractivity contribution < 1.29 is 9.53 Å². The summed E-state index contributed by atoms with van der Waals surface area (Å²) in [6, 6.07) is 1.84. The largest absolute Gasteiger partial charge is 0.444 e. The molecule has 0 aliphatic carbocycles. The van der Waals surface area contributed by atoms with Crippen molar-refractivity contribution in [2.24, 2.45) is 0 Å². The second kappa shape index (κ2) is 5.31. The maximum Gasteiger partial charge on any atom is 0.410 e. The van der Waals surface area contributed by atoms with Gasteiger partial charge in [0.2, 0.25) is 0 Å². The molecule has 1 aliphatic rings. The fraction of sp³-hybridized carbons (Fsp3) is 0.600. The molecule has 2 rings (SSSR count). The van der Waals surface area contributed by atoms with Gasteiger partial charge in [0.1, 0.15) is 5.60 Å². The summed E-state index contributed by atoms with van der Waals surface area (Å²) >= 11 is 0. The molecule has 0 spiro atoms. The van der Waals surface area contributed by atoms with Crippen molar-refractivity contribution in [3.63, 3.8) is 0 Å². The van der Waals surface area contributed by atoms with E-state index in [1.165, 1.54) is 0 Å². The molecule has 5 nitrogen and oxygen atoms in total. The van der Waals surface area contributed by atoms with E-state index in [9.17, 15) is 9.59 Å². The Bertz CT molecular complexity index is 557. The van der Waals surface area contributed by atoms with Gasteiger partial charge in [0, 0.05) is 18.3 Å². The van der Waals surface area contributed by atoms with Crippen LogP contribution in [0.15, 0.2) is 17.1 Å². The number of carbonyl (C=O) groups excluding carboxylic acids is 1. The van der Waals surface area contributed by atoms with Crippen LogP contribution in [0.4, 0.5) is 4.79 Å². The minimum absolute atomic E-state index is 0.0135. The molecule has 0 aromatic carbocycles. The maximum absolute atomic E-state index is 12.2. The molecule has 5 heteroatoms. The number of nitrogens with zero attached hydrogens (tertiary/aromatic N) is 1. The number of ether oxygens (including phenoxy) is 1. The third-order valence-electron chi connectivity index (χ3n) is 3.38. The Balaban J connectivity index is 2.20. The number of aryl methyl sites for hydroxylation is 1. The number of carbonyl (C=O) groups is 1. The molecule has 1 fully saturated rings. The summed E-state index contributed by atoms with van der Waals surface area (Å²) in [7, 11) is 0. The van der Waals surface area contributed by atoms with Gasteiger partial charge in [-0.1, -0.05) is 0 Å². The normalized spacial score (nSPS) is 19.2. The van der Waals surface area contributed by atoms with E-state index < -0.39 is 5.60 Å². The van der Waals surface area contributed by atoms with Crippen LogP contribution in [0.3, 0.4) is 0 Å². The molecule has 20 heavy (non-hydrogen) atoms. The van der Waals surface area contributed by atoms with Gasteiger partial charge in [-0.25, -0.2) is 4.79 Å². The monoisotopic (exact) mass is 278 g/mol. The Morgan fingerprint density at radius 3 is 2.75 bits per heavy atom. The van der Waals surface area contributed by atoms with Crippen molar-refractivity contribution in [2.45, 2.75) is 52.2 Å². The van der Waals surface area contributed by atoms with E-state index in [2.05, 4.69) is 4.98 Å². The number of aromatic amines is 1. The van der Waals surface area contributed by atoms with E-state index >= 15 is 0 Å². The quantitative estimate of drug-likeness (QED) is 0.859. The van der Waals surface area contributed by atoms with Crippen molar-refractivity contribution >= 4 is 6.09 Å². The number of aromatic nitrogens is 1. The van der Waals surface area contributed by atoms with Crippen LogP contribution in [0.2, 0.25) is 0 Å². The maximum atomic E-state index is 12.2. The molecular formula is C15H22N2O3. The van der Waals surface area contributed by atoms with Crippen molar-refractivity contribution in [3.05, 3.63) is 33.7 Å². The van der Waals surface area contributed by atoms with Gasteiger partial charge < -0.3 is 14.6 Å². The first-order valence-corrected chi connectivity index (χ1v) is 6.97. The van der Waals surface area contributed by atoms with E-state index in [0.717, 1.165) is 18.4 Å². The van der Waals surface area contributed by atoms with Gasteiger partial charge in [-0.3, -0.25) is 4.79 Å². The molecule has 1 saturated heterocycles. The fourth-order valence-electron chi connectivity index (χ4n) is 2.46. The number of likely N-dealkylation sites (tertiary alicyclic amines) is 1. The van der Waals surface area contributed by atoms with Gasteiger partial charge >= 0.3 is 6.09 Å². The van der Waals surface area contributed by atoms with Gasteiger partial charge in [-0.05, 0) is 52.2 Å². The molecule has 1 atom stereocenters. The standard InChI is InChI=1S/C15H22N2O3/c1-10-8-11(9-16-13(10)18)12-6-5-7-17(12)14(19)20-15(2,3)4/h8-9,12H,5-7H2,1-4H3,(H,16,18)/t12-/m1/s1. The van der Waals surface area contributed by atoms with Crippen LogP contribution >= 0.6 is 0 Å². The number of nitrogens with one attached hydrogen (secondary N) is 1. The van der Waals surface area contributed by atoms with Crippen LogP contribution < -0.4 is 5.56 Å². The van der Waals surface area contributed by atoms with Crippen LogP contribution in [0.1, 0.15) is 50.8 Å². The summed E-state index contributed by atoms with van der Waals surface area (Å²) in [5, 5.41) is 0. The van der Waals surface area contributed by atoms with Crippen LogP contribution in [0.25, 0.3) is 0 Å². The average Bonchev–Trinajstić information content (AvgIpc) is 2.79. The molecule has 0 saturated carbocycles. The van der Waals surface area contributed by atoms with Crippen LogP contribution in [-0.2, 0) is 4.74 Å². The first kappa shape index (κ1) is 14.6. The van der Waals surface area contributed by atoms with E-state index in [-0.39, 0.29) is 17.7 Å². The molecule has 1 aliphatic heterocycles. The summed E-state index contributed by atoms with van der Waals surface area (Å²) in [5.41, 5.74) is 1.05. The Kier molecular flexibility index (Phi) is 3.88. The number of pyridine rings is 1. The highest BCUT2D eigenvalue weighted by Crippen LogP contribution is 2.32. The van der Waals surface area contributed by atoms with E-state index in [1.54, 1.807) is 18.0 Å². The number of hydrogen-bond acceptors (Lipinski definition) is 3. The minimum atomic E-state index is -0.495. The van der Waals surface area contributed by atoms with Gasteiger partial charge in [-0.15, -0.1) is 0 Å². The first-order valence-electron chi connectivity index (χ1n) is 6.97. The van der Waals surface area contributed by atoms with E-state index in [1.807, 2.05) is 26.8 Å². The fourth-order valence-corrected chi connectivity index (χ4v) is 2.46. The topological polar surface area (TPSA) is 62.4 Å². The lowest BCUT2D eigenvalue weighted by Crippen LogP contribution is -2.36. The SMILES string of the molecule is Cc1cc([C@H]2CCCN2C(=O)OC(C)(C)C)c[nH]c1=O. The lowest BCUT2D eigenvalue weighted by Gasteiger charge is -2.28. The van der Waals surface area contributed by atoms with Crippen LogP contribution in [-0.4, -0.2) is 28.1 Å². The molecule has 0 unspecified atom stereocenters. The van der Waals surface area contributed by atoms with Gasteiger partial charge in [0.15, 0.2) is 0 Å². The third-order valence-corrected chi connectivity index (χ3v) is 3.38. The van der Waals surface area contributed by atoms with Crippen molar-refractivity contribution in [2.75, 3.05) is 6.54 Å². The van der Waals surface area contributed by atoms with E-state index in [0.29, 0.717) is 12.1 Å². The second-order valence-corrected chi connectivity index (χ2v) is 6.28. The first-order chi connectivity index (χ1) is 9.28. The lowest BCUT2D eigenvalue weighted by atomic mass is 10.1. The predicted octanol–water partition coefficient (Wildman–Crippen LogP) is 2.76. The molecule has 110 valence electrons. The molecule has 1 aromatic rings. The average molecular weight is 278 g/mol. The Morgan fingerprint density at radius 1 is 1.45 bits per heavy atom. The summed E-state index contributed by atoms with van der Waals surface area (Å²) in [6.07, 6.45) is 3.25.